The molecule has 5 heteroatoms. The molecular weight excluding hydrogens is 238 g/mol. The second kappa shape index (κ2) is 5.33. The monoisotopic (exact) mass is 254 g/mol. The van der Waals surface area contributed by atoms with E-state index in [2.05, 4.69) is 11.0 Å². The van der Waals surface area contributed by atoms with Gasteiger partial charge in [0.1, 0.15) is 0 Å². The molecule has 0 unspecified atom stereocenters. The fraction of sp³-hybridized carbons (Fsp3) is 0.462. The molecule has 0 aromatic heterocycles. The molecule has 0 N–H and O–H groups in total. The molecule has 1 aliphatic heterocycles. The average Bonchev–Trinajstić information content (AvgIpc) is 2.38. The van der Waals surface area contributed by atoms with Gasteiger partial charge in [0.2, 0.25) is 0 Å². The maximum Gasteiger partial charge on any atom is 0.315 e. The lowest BCUT2D eigenvalue weighted by molar-refractivity contribution is -0.143. The summed E-state index contributed by atoms with van der Waals surface area (Å²) >= 11 is 0. The zero-order valence-corrected chi connectivity index (χ0v) is 10.3. The van der Waals surface area contributed by atoms with Gasteiger partial charge in [-0.25, -0.2) is 0 Å². The summed E-state index contributed by atoms with van der Waals surface area (Å²) in [5, 5.41) is 0. The largest absolute Gasteiger partial charge is 0.368 e. The Labute approximate surface area is 105 Å². The molecule has 0 saturated carbocycles. The van der Waals surface area contributed by atoms with Crippen molar-refractivity contribution in [1.29, 1.82) is 0 Å². The van der Waals surface area contributed by atoms with E-state index >= 15 is 0 Å². The van der Waals surface area contributed by atoms with Crippen LogP contribution in [0.25, 0.3) is 0 Å². The summed E-state index contributed by atoms with van der Waals surface area (Å²) < 4.78 is 24.6. The van der Waals surface area contributed by atoms with Crippen molar-refractivity contribution in [3.05, 3.63) is 29.8 Å². The molecule has 1 fully saturated rings. The van der Waals surface area contributed by atoms with Crippen LogP contribution in [0.3, 0.4) is 0 Å². The van der Waals surface area contributed by atoms with Crippen LogP contribution in [0, 0.1) is 6.92 Å². The summed E-state index contributed by atoms with van der Waals surface area (Å²) in [6.07, 6.45) is -2.89. The third-order valence-electron chi connectivity index (χ3n) is 3.14. The van der Waals surface area contributed by atoms with Crippen LogP contribution in [0.1, 0.15) is 5.56 Å². The van der Waals surface area contributed by atoms with Crippen molar-refractivity contribution in [2.45, 2.75) is 13.3 Å². The lowest BCUT2D eigenvalue weighted by atomic mass is 10.2. The fourth-order valence-electron chi connectivity index (χ4n) is 2.15. The molecule has 0 bridgehead atoms. The zero-order valence-electron chi connectivity index (χ0n) is 10.3. The van der Waals surface area contributed by atoms with Crippen LogP contribution in [-0.4, -0.2) is 43.4 Å². The van der Waals surface area contributed by atoms with Crippen LogP contribution in [0.4, 0.5) is 14.5 Å². The predicted octanol–water partition coefficient (Wildman–Crippen LogP) is 1.91. The first kappa shape index (κ1) is 12.8. The van der Waals surface area contributed by atoms with Crippen molar-refractivity contribution < 1.29 is 13.6 Å². The molecule has 0 radical (unpaired) electrons. The highest BCUT2D eigenvalue weighted by atomic mass is 19.3. The Kier molecular flexibility index (Phi) is 3.79. The SMILES string of the molecule is Cc1cccc(N2CCN(C(=O)C(F)F)CC2)c1. The number of hydrogen-bond donors (Lipinski definition) is 0. The molecule has 1 saturated heterocycles. The normalized spacial score (nSPS) is 16.2. The van der Waals surface area contributed by atoms with E-state index in [0.717, 1.165) is 5.69 Å². The van der Waals surface area contributed by atoms with Gasteiger partial charge in [-0.2, -0.15) is 8.78 Å². The van der Waals surface area contributed by atoms with Crippen LogP contribution >= 0.6 is 0 Å². The summed E-state index contributed by atoms with van der Waals surface area (Å²) in [5.41, 5.74) is 2.25. The number of anilines is 1. The van der Waals surface area contributed by atoms with Crippen molar-refractivity contribution in [2.24, 2.45) is 0 Å². The topological polar surface area (TPSA) is 23.6 Å². The Balaban J connectivity index is 1.96. The Hall–Kier alpha value is -1.65. The summed E-state index contributed by atoms with van der Waals surface area (Å²) in [6.45, 7) is 3.93. The number of carbonyl (C=O) groups is 1. The second-order valence-corrected chi connectivity index (χ2v) is 4.45. The quantitative estimate of drug-likeness (QED) is 0.805. The summed E-state index contributed by atoms with van der Waals surface area (Å²) in [7, 11) is 0. The number of nitrogens with zero attached hydrogens (tertiary/aromatic N) is 2. The van der Waals surface area contributed by atoms with Crippen LogP contribution in [0.15, 0.2) is 24.3 Å². The highest BCUT2D eigenvalue weighted by molar-refractivity contribution is 5.79. The molecular formula is C13H16F2N2O. The van der Waals surface area contributed by atoms with Gasteiger partial charge in [-0.3, -0.25) is 4.79 Å². The second-order valence-electron chi connectivity index (χ2n) is 4.45. The Bertz CT molecular complexity index is 429. The number of hydrogen-bond acceptors (Lipinski definition) is 2. The van der Waals surface area contributed by atoms with Gasteiger partial charge < -0.3 is 9.80 Å². The number of halogens is 2. The average molecular weight is 254 g/mol. The summed E-state index contributed by atoms with van der Waals surface area (Å²) in [6, 6.07) is 8.05. The third kappa shape index (κ3) is 2.78. The zero-order chi connectivity index (χ0) is 13.1. The number of rotatable bonds is 2. The van der Waals surface area contributed by atoms with Gasteiger partial charge in [-0.1, -0.05) is 12.1 Å². The van der Waals surface area contributed by atoms with Gasteiger partial charge in [0.05, 0.1) is 0 Å². The number of aryl methyl sites for hydroxylation is 1. The highest BCUT2D eigenvalue weighted by Crippen LogP contribution is 2.18. The number of benzene rings is 1. The van der Waals surface area contributed by atoms with Crippen LogP contribution in [-0.2, 0) is 4.79 Å². The van der Waals surface area contributed by atoms with E-state index in [9.17, 15) is 13.6 Å². The van der Waals surface area contributed by atoms with Gasteiger partial charge >= 0.3 is 6.43 Å². The molecule has 0 spiro atoms. The molecule has 18 heavy (non-hydrogen) atoms. The number of alkyl halides is 2. The molecule has 1 amide bonds. The molecule has 0 atom stereocenters. The standard InChI is InChI=1S/C13H16F2N2O/c1-10-3-2-4-11(9-10)16-5-7-17(8-6-16)13(18)12(14)15/h2-4,9,12H,5-8H2,1H3. The number of carbonyl (C=O) groups excluding carboxylic acids is 1. The van der Waals surface area contributed by atoms with E-state index < -0.39 is 12.3 Å². The minimum absolute atomic E-state index is 0.358. The van der Waals surface area contributed by atoms with Gasteiger partial charge in [0, 0.05) is 31.9 Å². The van der Waals surface area contributed by atoms with Gasteiger partial charge in [-0.05, 0) is 24.6 Å². The van der Waals surface area contributed by atoms with Gasteiger partial charge in [-0.15, -0.1) is 0 Å². The minimum atomic E-state index is -2.89. The van der Waals surface area contributed by atoms with Crippen LogP contribution in [0.2, 0.25) is 0 Å². The molecule has 1 heterocycles. The molecule has 1 aromatic rings. The predicted molar refractivity (Wildman–Crippen MR) is 66.0 cm³/mol. The van der Waals surface area contributed by atoms with Crippen LogP contribution in [0.5, 0.6) is 0 Å². The Morgan fingerprint density at radius 2 is 1.89 bits per heavy atom. The van der Waals surface area contributed by atoms with Gasteiger partial charge in [0.25, 0.3) is 5.91 Å². The Morgan fingerprint density at radius 1 is 1.22 bits per heavy atom. The maximum absolute atomic E-state index is 12.3. The van der Waals surface area contributed by atoms with Crippen molar-refractivity contribution in [3.63, 3.8) is 0 Å². The molecule has 2 rings (SSSR count). The third-order valence-corrected chi connectivity index (χ3v) is 3.14. The molecule has 1 aliphatic rings. The first-order valence-electron chi connectivity index (χ1n) is 5.96. The van der Waals surface area contributed by atoms with Crippen LogP contribution < -0.4 is 4.90 Å². The van der Waals surface area contributed by atoms with E-state index in [1.807, 2.05) is 25.1 Å². The van der Waals surface area contributed by atoms with Crippen molar-refractivity contribution in [1.82, 2.24) is 4.90 Å². The first-order valence-corrected chi connectivity index (χ1v) is 5.96. The number of amides is 1. The fourth-order valence-corrected chi connectivity index (χ4v) is 2.15. The van der Waals surface area contributed by atoms with E-state index in [4.69, 9.17) is 0 Å². The Morgan fingerprint density at radius 3 is 2.44 bits per heavy atom. The van der Waals surface area contributed by atoms with E-state index in [1.54, 1.807) is 0 Å². The highest BCUT2D eigenvalue weighted by Gasteiger charge is 2.26. The van der Waals surface area contributed by atoms with E-state index in [-0.39, 0.29) is 0 Å². The summed E-state index contributed by atoms with van der Waals surface area (Å²) in [4.78, 5) is 14.5. The van der Waals surface area contributed by atoms with Crippen molar-refractivity contribution >= 4 is 11.6 Å². The van der Waals surface area contributed by atoms with Crippen molar-refractivity contribution in [2.75, 3.05) is 31.1 Å². The van der Waals surface area contributed by atoms with E-state index in [1.165, 1.54) is 10.5 Å². The lowest BCUT2D eigenvalue weighted by Crippen LogP contribution is -2.50. The number of piperazine rings is 1. The molecule has 3 nitrogen and oxygen atoms in total. The molecule has 1 aromatic carbocycles. The van der Waals surface area contributed by atoms with Gasteiger partial charge in [0.15, 0.2) is 0 Å². The lowest BCUT2D eigenvalue weighted by Gasteiger charge is -2.36. The van der Waals surface area contributed by atoms with Crippen molar-refractivity contribution in [3.8, 4) is 0 Å². The summed E-state index contributed by atoms with van der Waals surface area (Å²) in [5.74, 6) is -1.06. The molecule has 0 aliphatic carbocycles. The van der Waals surface area contributed by atoms with E-state index in [0.29, 0.717) is 26.2 Å². The molecule has 98 valence electrons. The first-order chi connectivity index (χ1) is 8.58. The smallest absolute Gasteiger partial charge is 0.315 e. The maximum atomic E-state index is 12.3. The minimum Gasteiger partial charge on any atom is -0.368 e.